The van der Waals surface area contributed by atoms with Gasteiger partial charge in [0.2, 0.25) is 10.0 Å². The van der Waals surface area contributed by atoms with Crippen LogP contribution in [-0.2, 0) is 14.8 Å². The molecule has 0 aliphatic rings. The van der Waals surface area contributed by atoms with Crippen molar-refractivity contribution < 1.29 is 13.2 Å². The number of methoxy groups -OCH3 is 1. The normalized spacial score (nSPS) is 13.2. The Morgan fingerprint density at radius 1 is 1.47 bits per heavy atom. The van der Waals surface area contributed by atoms with Crippen LogP contribution in [0.2, 0.25) is 0 Å². The smallest absolute Gasteiger partial charge is 0.244 e. The summed E-state index contributed by atoms with van der Waals surface area (Å²) >= 11 is 0. The van der Waals surface area contributed by atoms with Crippen LogP contribution in [0, 0.1) is 0 Å². The highest BCUT2D eigenvalue weighted by Gasteiger charge is 2.20. The van der Waals surface area contributed by atoms with Gasteiger partial charge >= 0.3 is 0 Å². The van der Waals surface area contributed by atoms with Crippen molar-refractivity contribution in [3.8, 4) is 0 Å². The van der Waals surface area contributed by atoms with Crippen LogP contribution in [0.4, 0.5) is 5.69 Å². The molecule has 6 nitrogen and oxygen atoms in total. The summed E-state index contributed by atoms with van der Waals surface area (Å²) in [6.45, 7) is 4.87. The number of anilines is 1. The van der Waals surface area contributed by atoms with E-state index in [1.165, 1.54) is 6.20 Å². The maximum Gasteiger partial charge on any atom is 0.244 e. The molecule has 0 spiro atoms. The van der Waals surface area contributed by atoms with Gasteiger partial charge in [-0.3, -0.25) is 4.98 Å². The summed E-state index contributed by atoms with van der Waals surface area (Å²) < 4.78 is 32.1. The second kappa shape index (κ2) is 7.42. The zero-order valence-corrected chi connectivity index (χ0v) is 12.3. The quantitative estimate of drug-likeness (QED) is 0.751. The lowest BCUT2D eigenvalue weighted by Crippen LogP contribution is -2.33. The van der Waals surface area contributed by atoms with E-state index in [0.29, 0.717) is 25.3 Å². The van der Waals surface area contributed by atoms with Crippen LogP contribution in [0.3, 0.4) is 0 Å². The van der Waals surface area contributed by atoms with E-state index in [-0.39, 0.29) is 10.9 Å². The van der Waals surface area contributed by atoms with E-state index in [0.717, 1.165) is 0 Å². The molecule has 0 saturated heterocycles. The molecule has 0 fully saturated rings. The van der Waals surface area contributed by atoms with Gasteiger partial charge in [-0.1, -0.05) is 0 Å². The summed E-state index contributed by atoms with van der Waals surface area (Å²) in [4.78, 5) is 4.05. The lowest BCUT2D eigenvalue weighted by Gasteiger charge is -2.16. The van der Waals surface area contributed by atoms with Gasteiger partial charge in [-0.05, 0) is 26.3 Å². The van der Waals surface area contributed by atoms with Crippen molar-refractivity contribution in [2.24, 2.45) is 0 Å². The van der Waals surface area contributed by atoms with E-state index in [1.807, 2.05) is 6.92 Å². The van der Waals surface area contributed by atoms with Crippen molar-refractivity contribution in [3.63, 3.8) is 0 Å². The number of nitrogens with zero attached hydrogens (tertiary/aromatic N) is 1. The summed E-state index contributed by atoms with van der Waals surface area (Å²) in [7, 11) is -1.98. The summed E-state index contributed by atoms with van der Waals surface area (Å²) in [5.41, 5.74) is 0.559. The van der Waals surface area contributed by atoms with Gasteiger partial charge in [-0.25, -0.2) is 13.1 Å². The van der Waals surface area contributed by atoms with Crippen LogP contribution in [0.25, 0.3) is 0 Å². The van der Waals surface area contributed by atoms with E-state index >= 15 is 0 Å². The van der Waals surface area contributed by atoms with Gasteiger partial charge in [-0.2, -0.15) is 0 Å². The second-order valence-electron chi connectivity index (χ2n) is 4.21. The van der Waals surface area contributed by atoms with Gasteiger partial charge in [-0.15, -0.1) is 0 Å². The number of rotatable bonds is 8. The molecule has 0 aromatic carbocycles. The molecule has 108 valence electrons. The lowest BCUT2D eigenvalue weighted by molar-refractivity contribution is 0.188. The zero-order chi connectivity index (χ0) is 14.3. The van der Waals surface area contributed by atoms with Crippen molar-refractivity contribution in [1.82, 2.24) is 9.71 Å². The molecule has 0 saturated carbocycles. The molecule has 1 aromatic heterocycles. The molecular formula is C12H21N3O3S. The molecule has 1 unspecified atom stereocenters. The third kappa shape index (κ3) is 4.77. The minimum atomic E-state index is -3.57. The Labute approximate surface area is 114 Å². The topological polar surface area (TPSA) is 80.3 Å². The van der Waals surface area contributed by atoms with Crippen LogP contribution < -0.4 is 10.0 Å². The fourth-order valence-electron chi connectivity index (χ4n) is 1.61. The Morgan fingerprint density at radius 2 is 2.21 bits per heavy atom. The van der Waals surface area contributed by atoms with Gasteiger partial charge in [0.15, 0.2) is 0 Å². The Kier molecular flexibility index (Phi) is 6.20. The predicted molar refractivity (Wildman–Crippen MR) is 74.7 cm³/mol. The highest BCUT2D eigenvalue weighted by molar-refractivity contribution is 7.89. The first-order valence-electron chi connectivity index (χ1n) is 6.20. The summed E-state index contributed by atoms with van der Waals surface area (Å²) in [6, 6.07) is 1.46. The average molecular weight is 287 g/mol. The molecule has 0 aliphatic carbocycles. The maximum absolute atomic E-state index is 12.3. The number of hydrogen-bond donors (Lipinski definition) is 2. The molecule has 0 radical (unpaired) electrons. The van der Waals surface area contributed by atoms with Crippen LogP contribution in [-0.4, -0.2) is 39.7 Å². The molecule has 1 aromatic rings. The number of hydrogen-bond acceptors (Lipinski definition) is 5. The van der Waals surface area contributed by atoms with Crippen LogP contribution in [0.5, 0.6) is 0 Å². The predicted octanol–water partition coefficient (Wildman–Crippen LogP) is 1.22. The van der Waals surface area contributed by atoms with Gasteiger partial charge in [0.25, 0.3) is 0 Å². The number of aromatic nitrogens is 1. The second-order valence-corrected chi connectivity index (χ2v) is 5.89. The summed E-state index contributed by atoms with van der Waals surface area (Å²) in [5, 5.41) is 3.01. The van der Waals surface area contributed by atoms with Gasteiger partial charge in [0, 0.05) is 38.7 Å². The molecule has 2 N–H and O–H groups in total. The minimum Gasteiger partial charge on any atom is -0.385 e. The SMILES string of the molecule is CCNc1ccncc1S(=O)(=O)NC(C)CCOC. The fourth-order valence-corrected chi connectivity index (χ4v) is 3.02. The van der Waals surface area contributed by atoms with E-state index in [1.54, 1.807) is 26.3 Å². The third-order valence-electron chi connectivity index (χ3n) is 2.55. The average Bonchev–Trinajstić information content (AvgIpc) is 2.37. The Morgan fingerprint density at radius 3 is 2.84 bits per heavy atom. The molecular weight excluding hydrogens is 266 g/mol. The molecule has 0 amide bonds. The van der Waals surface area contributed by atoms with E-state index in [9.17, 15) is 8.42 Å². The largest absolute Gasteiger partial charge is 0.385 e. The molecule has 1 rings (SSSR count). The Hall–Kier alpha value is -1.18. The molecule has 0 bridgehead atoms. The summed E-state index contributed by atoms with van der Waals surface area (Å²) in [5.74, 6) is 0. The number of sulfonamides is 1. The van der Waals surface area contributed by atoms with E-state index in [4.69, 9.17) is 4.74 Å². The van der Waals surface area contributed by atoms with Gasteiger partial charge in [0.1, 0.15) is 4.90 Å². The van der Waals surface area contributed by atoms with Crippen LogP contribution in [0.15, 0.2) is 23.4 Å². The number of pyridine rings is 1. The Balaban J connectivity index is 2.88. The monoisotopic (exact) mass is 287 g/mol. The molecule has 1 atom stereocenters. The first-order chi connectivity index (χ1) is 9.01. The van der Waals surface area contributed by atoms with Crippen molar-refractivity contribution in [2.75, 3.05) is 25.6 Å². The highest BCUT2D eigenvalue weighted by Crippen LogP contribution is 2.19. The van der Waals surface area contributed by atoms with Crippen LogP contribution >= 0.6 is 0 Å². The van der Waals surface area contributed by atoms with E-state index in [2.05, 4.69) is 15.0 Å². The van der Waals surface area contributed by atoms with Crippen LogP contribution in [0.1, 0.15) is 20.3 Å². The van der Waals surface area contributed by atoms with Crippen molar-refractivity contribution >= 4 is 15.7 Å². The van der Waals surface area contributed by atoms with E-state index < -0.39 is 10.0 Å². The lowest BCUT2D eigenvalue weighted by atomic mass is 10.3. The highest BCUT2D eigenvalue weighted by atomic mass is 32.2. The fraction of sp³-hybridized carbons (Fsp3) is 0.583. The molecule has 19 heavy (non-hydrogen) atoms. The summed E-state index contributed by atoms with van der Waals surface area (Å²) in [6.07, 6.45) is 3.53. The first kappa shape index (κ1) is 15.9. The third-order valence-corrected chi connectivity index (χ3v) is 4.17. The van der Waals surface area contributed by atoms with Crippen molar-refractivity contribution in [2.45, 2.75) is 31.2 Å². The minimum absolute atomic E-state index is 0.168. The standard InChI is InChI=1S/C12H21N3O3S/c1-4-14-11-5-7-13-9-12(11)19(16,17)15-10(2)6-8-18-3/h5,7,9-10,15H,4,6,8H2,1-3H3,(H,13,14). The zero-order valence-electron chi connectivity index (χ0n) is 11.5. The van der Waals surface area contributed by atoms with Gasteiger partial charge in [0.05, 0.1) is 5.69 Å². The van der Waals surface area contributed by atoms with Gasteiger partial charge < -0.3 is 10.1 Å². The van der Waals surface area contributed by atoms with Crippen molar-refractivity contribution in [3.05, 3.63) is 18.5 Å². The molecule has 7 heteroatoms. The maximum atomic E-state index is 12.3. The van der Waals surface area contributed by atoms with Crippen molar-refractivity contribution in [1.29, 1.82) is 0 Å². The number of ether oxygens (including phenoxy) is 1. The Bertz CT molecular complexity index is 491. The molecule has 1 heterocycles. The molecule has 0 aliphatic heterocycles. The first-order valence-corrected chi connectivity index (χ1v) is 7.68. The number of nitrogens with one attached hydrogen (secondary N) is 2.